The molecule has 36 heavy (non-hydrogen) atoms. The number of aromatic nitrogens is 2. The van der Waals surface area contributed by atoms with Crippen LogP contribution in [0.5, 0.6) is 11.6 Å². The second-order valence-electron chi connectivity index (χ2n) is 9.03. The number of rotatable bonds is 13. The first-order chi connectivity index (χ1) is 17.6. The van der Waals surface area contributed by atoms with Gasteiger partial charge < -0.3 is 19.3 Å². The molecule has 1 aromatic heterocycles. The molecular formula is C28H36FN3O4. The molecule has 8 heteroatoms. The lowest BCUT2D eigenvalue weighted by molar-refractivity contribution is 0.00496. The third-order valence-corrected chi connectivity index (χ3v) is 6.23. The molecule has 3 aromatic rings. The molecule has 1 N–H and O–H groups in total. The van der Waals surface area contributed by atoms with E-state index >= 15 is 0 Å². The third-order valence-electron chi connectivity index (χ3n) is 6.23. The average molecular weight is 498 g/mol. The standard InChI is InChI=1S/C28H36FN3O4/c1-3-27-26(19-31(17-23(33)20-34-4-2)18-25-11-8-16-35-25)28(36-24-14-12-21(29)13-15-24)32(30-27)22-9-6-5-7-10-22/h5-7,9-10,12-15,23,25,33H,3-4,8,11,16-20H2,1-2H3. The normalized spacial score (nSPS) is 16.5. The van der Waals surface area contributed by atoms with Crippen LogP contribution in [-0.4, -0.2) is 64.9 Å². The first kappa shape index (κ1) is 26.3. The summed E-state index contributed by atoms with van der Waals surface area (Å²) >= 11 is 0. The first-order valence-corrected chi connectivity index (χ1v) is 12.8. The monoisotopic (exact) mass is 497 g/mol. The van der Waals surface area contributed by atoms with E-state index in [4.69, 9.17) is 19.3 Å². The van der Waals surface area contributed by atoms with Crippen molar-refractivity contribution < 1.29 is 23.7 Å². The van der Waals surface area contributed by atoms with E-state index < -0.39 is 6.10 Å². The van der Waals surface area contributed by atoms with Gasteiger partial charge in [-0.25, -0.2) is 9.07 Å². The van der Waals surface area contributed by atoms with E-state index in [9.17, 15) is 9.50 Å². The third kappa shape index (κ3) is 6.91. The fraction of sp³-hybridized carbons (Fsp3) is 0.464. The number of aliphatic hydroxyl groups is 1. The number of nitrogens with zero attached hydrogens (tertiary/aromatic N) is 3. The molecular weight excluding hydrogens is 461 g/mol. The topological polar surface area (TPSA) is 69.0 Å². The van der Waals surface area contributed by atoms with Gasteiger partial charge in [0.2, 0.25) is 5.88 Å². The summed E-state index contributed by atoms with van der Waals surface area (Å²) < 4.78 is 33.1. The number of hydrogen-bond acceptors (Lipinski definition) is 6. The molecule has 1 aliphatic rings. The maximum atomic E-state index is 13.6. The number of para-hydroxylation sites is 1. The van der Waals surface area contributed by atoms with E-state index in [1.807, 2.05) is 37.3 Å². The van der Waals surface area contributed by atoms with Crippen LogP contribution in [0.25, 0.3) is 5.69 Å². The Balaban J connectivity index is 1.69. The van der Waals surface area contributed by atoms with Gasteiger partial charge >= 0.3 is 0 Å². The van der Waals surface area contributed by atoms with Crippen LogP contribution in [0.2, 0.25) is 0 Å². The zero-order chi connectivity index (χ0) is 25.3. The molecule has 2 aromatic carbocycles. The van der Waals surface area contributed by atoms with Crippen molar-refractivity contribution in [2.45, 2.75) is 51.9 Å². The molecule has 0 amide bonds. The van der Waals surface area contributed by atoms with Gasteiger partial charge in [0.05, 0.1) is 35.8 Å². The minimum Gasteiger partial charge on any atom is -0.439 e. The fourth-order valence-corrected chi connectivity index (χ4v) is 4.49. The van der Waals surface area contributed by atoms with E-state index in [2.05, 4.69) is 11.8 Å². The number of halogens is 1. The Bertz CT molecular complexity index is 1070. The number of aliphatic hydroxyl groups excluding tert-OH is 1. The first-order valence-electron chi connectivity index (χ1n) is 12.8. The van der Waals surface area contributed by atoms with Crippen LogP contribution in [-0.2, 0) is 22.4 Å². The van der Waals surface area contributed by atoms with Gasteiger partial charge in [0, 0.05) is 32.8 Å². The van der Waals surface area contributed by atoms with E-state index in [0.29, 0.717) is 44.3 Å². The van der Waals surface area contributed by atoms with E-state index in [0.717, 1.165) is 36.4 Å². The molecule has 2 atom stereocenters. The van der Waals surface area contributed by atoms with Crippen molar-refractivity contribution in [2.24, 2.45) is 0 Å². The van der Waals surface area contributed by atoms with Crippen LogP contribution in [0.15, 0.2) is 54.6 Å². The van der Waals surface area contributed by atoms with Crippen molar-refractivity contribution in [3.05, 3.63) is 71.7 Å². The van der Waals surface area contributed by atoms with Gasteiger partial charge in [-0.3, -0.25) is 4.90 Å². The highest BCUT2D eigenvalue weighted by atomic mass is 19.1. The van der Waals surface area contributed by atoms with Crippen LogP contribution < -0.4 is 4.74 Å². The molecule has 1 aliphatic heterocycles. The lowest BCUT2D eigenvalue weighted by Gasteiger charge is -2.27. The summed E-state index contributed by atoms with van der Waals surface area (Å²) in [5.74, 6) is 0.792. The average Bonchev–Trinajstić information content (AvgIpc) is 3.52. The minimum atomic E-state index is -0.623. The highest BCUT2D eigenvalue weighted by Crippen LogP contribution is 2.32. The number of ether oxygens (including phenoxy) is 3. The summed E-state index contributed by atoms with van der Waals surface area (Å²) in [6, 6.07) is 15.8. The van der Waals surface area contributed by atoms with Gasteiger partial charge in [0.25, 0.3) is 0 Å². The summed E-state index contributed by atoms with van der Waals surface area (Å²) in [6.07, 6.45) is 2.26. The van der Waals surface area contributed by atoms with Gasteiger partial charge in [0.1, 0.15) is 11.6 Å². The maximum absolute atomic E-state index is 13.6. The molecule has 7 nitrogen and oxygen atoms in total. The predicted molar refractivity (Wildman–Crippen MR) is 136 cm³/mol. The van der Waals surface area contributed by atoms with Crippen LogP contribution >= 0.6 is 0 Å². The van der Waals surface area contributed by atoms with Crippen LogP contribution in [0, 0.1) is 5.82 Å². The zero-order valence-electron chi connectivity index (χ0n) is 21.1. The molecule has 0 spiro atoms. The second-order valence-corrected chi connectivity index (χ2v) is 9.03. The molecule has 0 aliphatic carbocycles. The molecule has 4 rings (SSSR count). The number of benzene rings is 2. The summed E-state index contributed by atoms with van der Waals surface area (Å²) in [5.41, 5.74) is 2.72. The summed E-state index contributed by atoms with van der Waals surface area (Å²) in [4.78, 5) is 2.20. The smallest absolute Gasteiger partial charge is 0.227 e. The largest absolute Gasteiger partial charge is 0.439 e. The Morgan fingerprint density at radius 2 is 1.94 bits per heavy atom. The lowest BCUT2D eigenvalue weighted by Crippen LogP contribution is -2.39. The lowest BCUT2D eigenvalue weighted by atomic mass is 10.1. The highest BCUT2D eigenvalue weighted by Gasteiger charge is 2.26. The van der Waals surface area contributed by atoms with Gasteiger partial charge in [0.15, 0.2) is 0 Å². The maximum Gasteiger partial charge on any atom is 0.227 e. The molecule has 2 heterocycles. The molecule has 1 fully saturated rings. The molecule has 0 saturated carbocycles. The second kappa shape index (κ2) is 13.0. The fourth-order valence-electron chi connectivity index (χ4n) is 4.49. The van der Waals surface area contributed by atoms with Crippen molar-refractivity contribution in [3.8, 4) is 17.3 Å². The molecule has 0 bridgehead atoms. The van der Waals surface area contributed by atoms with Gasteiger partial charge in [-0.15, -0.1) is 0 Å². The van der Waals surface area contributed by atoms with Crippen molar-refractivity contribution >= 4 is 0 Å². The number of aryl methyl sites for hydroxylation is 1. The minimum absolute atomic E-state index is 0.125. The predicted octanol–water partition coefficient (Wildman–Crippen LogP) is 4.74. The molecule has 1 saturated heterocycles. The Kier molecular flexibility index (Phi) is 9.47. The van der Waals surface area contributed by atoms with E-state index in [1.54, 1.807) is 16.8 Å². The quantitative estimate of drug-likeness (QED) is 0.368. The van der Waals surface area contributed by atoms with Crippen molar-refractivity contribution in [2.75, 3.05) is 32.9 Å². The molecule has 0 radical (unpaired) electrons. The Morgan fingerprint density at radius 1 is 1.17 bits per heavy atom. The Labute approximate surface area is 212 Å². The van der Waals surface area contributed by atoms with Crippen molar-refractivity contribution in [1.82, 2.24) is 14.7 Å². The van der Waals surface area contributed by atoms with Crippen LogP contribution in [0.3, 0.4) is 0 Å². The zero-order valence-corrected chi connectivity index (χ0v) is 21.1. The summed E-state index contributed by atoms with van der Waals surface area (Å²) in [6.45, 7) is 7.25. The summed E-state index contributed by atoms with van der Waals surface area (Å²) in [7, 11) is 0. The SMILES string of the molecule is CCOCC(O)CN(Cc1c(CC)nn(-c2ccccc2)c1Oc1ccc(F)cc1)CC1CCCO1. The van der Waals surface area contributed by atoms with Crippen molar-refractivity contribution in [3.63, 3.8) is 0 Å². The summed E-state index contributed by atoms with van der Waals surface area (Å²) in [5, 5.41) is 15.5. The van der Waals surface area contributed by atoms with Crippen molar-refractivity contribution in [1.29, 1.82) is 0 Å². The highest BCUT2D eigenvalue weighted by molar-refractivity contribution is 5.43. The van der Waals surface area contributed by atoms with Gasteiger partial charge in [-0.05, 0) is 62.6 Å². The van der Waals surface area contributed by atoms with E-state index in [-0.39, 0.29) is 18.5 Å². The van der Waals surface area contributed by atoms with Crippen LogP contribution in [0.4, 0.5) is 4.39 Å². The Hall–Kier alpha value is -2.78. The molecule has 194 valence electrons. The number of hydrogen-bond donors (Lipinski definition) is 1. The molecule has 2 unspecified atom stereocenters. The van der Waals surface area contributed by atoms with Gasteiger partial charge in [-0.1, -0.05) is 25.1 Å². The Morgan fingerprint density at radius 3 is 2.61 bits per heavy atom. The van der Waals surface area contributed by atoms with Gasteiger partial charge in [-0.2, -0.15) is 5.10 Å². The van der Waals surface area contributed by atoms with E-state index in [1.165, 1.54) is 12.1 Å². The van der Waals surface area contributed by atoms with Crippen LogP contribution in [0.1, 0.15) is 37.9 Å².